The maximum absolute atomic E-state index is 15.0. The molecule has 0 spiro atoms. The Hall–Kier alpha value is -3.07. The molecule has 0 unspecified atom stereocenters. The van der Waals surface area contributed by atoms with Crippen LogP contribution < -0.4 is 16.2 Å². The van der Waals surface area contributed by atoms with Crippen LogP contribution in [0.1, 0.15) is 47.2 Å². The molecule has 2 aromatic carbocycles. The highest BCUT2D eigenvalue weighted by molar-refractivity contribution is 5.97. The van der Waals surface area contributed by atoms with Gasteiger partial charge in [0.2, 0.25) is 0 Å². The number of aliphatic hydroxyl groups excluding tert-OH is 1. The number of fused-ring (bicyclic) bond motifs is 1. The van der Waals surface area contributed by atoms with Gasteiger partial charge in [0.05, 0.1) is 6.61 Å². The van der Waals surface area contributed by atoms with Crippen molar-refractivity contribution >= 4 is 16.7 Å². The van der Waals surface area contributed by atoms with Crippen LogP contribution in [0.2, 0.25) is 0 Å². The fourth-order valence-corrected chi connectivity index (χ4v) is 5.49. The smallest absolute Gasteiger partial charge is 0.258 e. The lowest BCUT2D eigenvalue weighted by Crippen LogP contribution is -2.52. The Morgan fingerprint density at radius 1 is 1.16 bits per heavy atom. The van der Waals surface area contributed by atoms with Crippen molar-refractivity contribution in [1.29, 1.82) is 0 Å². The Labute approximate surface area is 221 Å². The van der Waals surface area contributed by atoms with Crippen LogP contribution in [0.15, 0.2) is 41.3 Å². The summed E-state index contributed by atoms with van der Waals surface area (Å²) in [6.07, 6.45) is 6.21. The number of carbonyl (C=O) groups is 1. The molecule has 0 bridgehead atoms. The first-order valence-corrected chi connectivity index (χ1v) is 13.7. The summed E-state index contributed by atoms with van der Waals surface area (Å²) >= 11 is 0. The van der Waals surface area contributed by atoms with Gasteiger partial charge in [-0.3, -0.25) is 14.5 Å². The van der Waals surface area contributed by atoms with E-state index in [-0.39, 0.29) is 30.2 Å². The number of rotatable bonds is 8. The predicted octanol–water partition coefficient (Wildman–Crippen LogP) is 3.18. The lowest BCUT2D eigenvalue weighted by atomic mass is 9.94. The van der Waals surface area contributed by atoms with E-state index in [0.29, 0.717) is 34.5 Å². The average molecular weight is 519 g/mol. The summed E-state index contributed by atoms with van der Waals surface area (Å²) < 4.78 is 16.8. The minimum atomic E-state index is -0.421. The van der Waals surface area contributed by atoms with Crippen LogP contribution in [0.4, 0.5) is 4.39 Å². The van der Waals surface area contributed by atoms with Gasteiger partial charge in [-0.25, -0.2) is 4.39 Å². The number of pyridine rings is 1. The number of aromatic nitrogens is 1. The topological polar surface area (TPSA) is 86.6 Å². The summed E-state index contributed by atoms with van der Waals surface area (Å²) in [4.78, 5) is 28.4. The molecule has 3 fully saturated rings. The number of piperazine rings is 1. The lowest BCUT2D eigenvalue weighted by molar-refractivity contribution is 0.0946. The molecule has 7 nitrogen and oxygen atoms in total. The highest BCUT2D eigenvalue weighted by Crippen LogP contribution is 2.33. The van der Waals surface area contributed by atoms with Gasteiger partial charge in [0.1, 0.15) is 5.82 Å². The summed E-state index contributed by atoms with van der Waals surface area (Å²) in [7, 11) is 0. The molecule has 200 valence electrons. The van der Waals surface area contributed by atoms with E-state index in [1.165, 1.54) is 6.07 Å². The van der Waals surface area contributed by atoms with Crippen molar-refractivity contribution in [3.8, 4) is 11.1 Å². The number of amides is 1. The zero-order chi connectivity index (χ0) is 26.4. The Balaban J connectivity index is 1.44. The third kappa shape index (κ3) is 5.13. The molecule has 1 amide bonds. The number of nitrogens with zero attached hydrogens (tertiary/aromatic N) is 2. The third-order valence-electron chi connectivity index (χ3n) is 8.21. The van der Waals surface area contributed by atoms with E-state index in [0.717, 1.165) is 68.4 Å². The highest BCUT2D eigenvalue weighted by Gasteiger charge is 2.27. The van der Waals surface area contributed by atoms with Crippen LogP contribution in [-0.2, 0) is 13.1 Å². The molecule has 38 heavy (non-hydrogen) atoms. The quantitative estimate of drug-likeness (QED) is 0.427. The summed E-state index contributed by atoms with van der Waals surface area (Å²) in [6.45, 7) is 5.47. The van der Waals surface area contributed by atoms with Gasteiger partial charge in [0, 0.05) is 62.0 Å². The molecule has 3 aromatic rings. The largest absolute Gasteiger partial charge is 0.395 e. The predicted molar refractivity (Wildman–Crippen MR) is 146 cm³/mol. The minimum absolute atomic E-state index is 0.00351. The van der Waals surface area contributed by atoms with Crippen LogP contribution in [0.3, 0.4) is 0 Å². The van der Waals surface area contributed by atoms with Gasteiger partial charge in [0.25, 0.3) is 11.5 Å². The van der Waals surface area contributed by atoms with Crippen LogP contribution in [0.5, 0.6) is 0 Å². The molecular weight excluding hydrogens is 483 g/mol. The molecule has 1 saturated heterocycles. The van der Waals surface area contributed by atoms with E-state index in [2.05, 4.69) is 15.5 Å². The van der Waals surface area contributed by atoms with E-state index >= 15 is 0 Å². The van der Waals surface area contributed by atoms with Crippen LogP contribution in [0, 0.1) is 18.7 Å². The van der Waals surface area contributed by atoms with Gasteiger partial charge >= 0.3 is 0 Å². The molecule has 3 N–H and O–H groups in total. The van der Waals surface area contributed by atoms with Crippen LogP contribution in [0.25, 0.3) is 21.9 Å². The lowest BCUT2D eigenvalue weighted by Gasteiger charge is -2.35. The van der Waals surface area contributed by atoms with E-state index in [1.807, 2.05) is 29.0 Å². The Bertz CT molecular complexity index is 1440. The fraction of sp³-hybridized carbons (Fsp3) is 0.467. The summed E-state index contributed by atoms with van der Waals surface area (Å²) in [6, 6.07) is 8.92. The number of halogens is 1. The van der Waals surface area contributed by atoms with Crippen molar-refractivity contribution in [3.63, 3.8) is 0 Å². The van der Waals surface area contributed by atoms with Gasteiger partial charge < -0.3 is 20.3 Å². The van der Waals surface area contributed by atoms with Crippen molar-refractivity contribution in [1.82, 2.24) is 20.1 Å². The molecule has 3 aliphatic rings. The van der Waals surface area contributed by atoms with Gasteiger partial charge in [-0.15, -0.1) is 0 Å². The third-order valence-corrected chi connectivity index (χ3v) is 8.21. The van der Waals surface area contributed by atoms with Crippen molar-refractivity contribution in [2.45, 2.75) is 57.8 Å². The van der Waals surface area contributed by atoms with Gasteiger partial charge in [-0.1, -0.05) is 6.07 Å². The molecular formula is C30H35FN4O3. The molecule has 2 aliphatic carbocycles. The minimum Gasteiger partial charge on any atom is -0.395 e. The summed E-state index contributed by atoms with van der Waals surface area (Å²) in [5.41, 5.74) is 3.20. The maximum Gasteiger partial charge on any atom is 0.258 e. The second-order valence-electron chi connectivity index (χ2n) is 11.2. The Morgan fingerprint density at radius 3 is 2.71 bits per heavy atom. The molecule has 0 radical (unpaired) electrons. The SMILES string of the molecule is Cc1c(F)cc(C(=O)NC2CC2)cc1-c1ccc2c(=O)n(CC3CC3)cc(CN3CCNC[C@H]3CO)c2c1. The molecule has 1 aromatic heterocycles. The number of carbonyl (C=O) groups excluding carboxylic acids is 1. The van der Waals surface area contributed by atoms with Gasteiger partial charge in [-0.05, 0) is 90.4 Å². The van der Waals surface area contributed by atoms with Crippen LogP contribution in [-0.4, -0.2) is 58.8 Å². The fourth-order valence-electron chi connectivity index (χ4n) is 5.49. The second kappa shape index (κ2) is 10.2. The first-order chi connectivity index (χ1) is 18.4. The Kier molecular flexibility index (Phi) is 6.80. The number of hydrogen-bond donors (Lipinski definition) is 3. The number of hydrogen-bond acceptors (Lipinski definition) is 5. The van der Waals surface area contributed by atoms with Crippen molar-refractivity contribution in [2.24, 2.45) is 5.92 Å². The normalized spacial score (nSPS) is 20.1. The van der Waals surface area contributed by atoms with Crippen LogP contribution >= 0.6 is 0 Å². The van der Waals surface area contributed by atoms with E-state index in [9.17, 15) is 19.1 Å². The first-order valence-electron chi connectivity index (χ1n) is 13.7. The highest BCUT2D eigenvalue weighted by atomic mass is 19.1. The molecule has 8 heteroatoms. The molecule has 1 aliphatic heterocycles. The summed E-state index contributed by atoms with van der Waals surface area (Å²) in [5, 5.41) is 17.7. The Morgan fingerprint density at radius 2 is 1.97 bits per heavy atom. The standard InChI is InChI=1S/C30H35FN4O3/c1-18-26(11-21(12-28(18)31)29(37)33-23-5-6-23)20-4-7-25-27(10-20)22(15-34-9-8-32-13-24(34)17-36)16-35(30(25)38)14-19-2-3-19/h4,7,10-12,16,19,23-24,32,36H,2-3,5-6,8-9,13-15,17H2,1H3,(H,33,37)/t24-/m0/s1. The first kappa shape index (κ1) is 25.2. The van der Waals surface area contributed by atoms with Crippen molar-refractivity contribution in [2.75, 3.05) is 26.2 Å². The molecule has 2 heterocycles. The zero-order valence-electron chi connectivity index (χ0n) is 21.8. The number of nitrogens with one attached hydrogen (secondary N) is 2. The average Bonchev–Trinajstić information content (AvgIpc) is 3.86. The molecule has 1 atom stereocenters. The maximum atomic E-state index is 15.0. The number of aliphatic hydroxyl groups is 1. The second-order valence-corrected chi connectivity index (χ2v) is 11.2. The van der Waals surface area contributed by atoms with Crippen molar-refractivity contribution in [3.05, 3.63) is 69.4 Å². The zero-order valence-corrected chi connectivity index (χ0v) is 21.8. The van der Waals surface area contributed by atoms with Crippen molar-refractivity contribution < 1.29 is 14.3 Å². The van der Waals surface area contributed by atoms with E-state index < -0.39 is 5.82 Å². The molecule has 6 rings (SSSR count). The number of benzene rings is 2. The van der Waals surface area contributed by atoms with Gasteiger partial charge in [0.15, 0.2) is 0 Å². The summed E-state index contributed by atoms with van der Waals surface area (Å²) in [5.74, 6) is -0.127. The molecule has 2 saturated carbocycles. The monoisotopic (exact) mass is 518 g/mol. The van der Waals surface area contributed by atoms with E-state index in [4.69, 9.17) is 0 Å². The van der Waals surface area contributed by atoms with Gasteiger partial charge in [-0.2, -0.15) is 0 Å². The van der Waals surface area contributed by atoms with E-state index in [1.54, 1.807) is 13.0 Å².